The number of aliphatic carboxylic acids is 1. The van der Waals surface area contributed by atoms with Crippen molar-refractivity contribution in [2.45, 2.75) is 41.7 Å². The molecular formula is C25H21F5N2O6S. The second kappa shape index (κ2) is 9.27. The lowest BCUT2D eigenvalue weighted by atomic mass is 9.75. The number of nitrogens with two attached hydrogens (primary N) is 1. The Labute approximate surface area is 219 Å². The molecule has 208 valence electrons. The maximum atomic E-state index is 14.1. The molecule has 0 aliphatic heterocycles. The van der Waals surface area contributed by atoms with Gasteiger partial charge in [-0.3, -0.25) is 9.59 Å². The number of ether oxygens (including phenoxy) is 1. The molecule has 0 spiro atoms. The number of hydrogen-bond acceptors (Lipinski definition) is 6. The Morgan fingerprint density at radius 1 is 1.10 bits per heavy atom. The van der Waals surface area contributed by atoms with Crippen LogP contribution in [0.1, 0.15) is 24.8 Å². The number of alkyl halides is 3. The van der Waals surface area contributed by atoms with Crippen LogP contribution in [0.2, 0.25) is 0 Å². The first-order valence-electron chi connectivity index (χ1n) is 11.4. The summed E-state index contributed by atoms with van der Waals surface area (Å²) in [5.74, 6) is -6.42. The maximum Gasteiger partial charge on any atom is 0.417 e. The average molecular weight is 573 g/mol. The van der Waals surface area contributed by atoms with Crippen molar-refractivity contribution in [2.24, 2.45) is 22.5 Å². The number of benzene rings is 2. The molecule has 0 aromatic heterocycles. The average Bonchev–Trinajstić information content (AvgIpc) is 3.49. The lowest BCUT2D eigenvalue weighted by molar-refractivity contribution is -0.159. The molecule has 4 rings (SSSR count). The van der Waals surface area contributed by atoms with Crippen LogP contribution in [-0.4, -0.2) is 43.9 Å². The quantitative estimate of drug-likeness (QED) is 0.481. The molecule has 0 radical (unpaired) electrons. The molecule has 0 bridgehead atoms. The van der Waals surface area contributed by atoms with E-state index in [-0.39, 0.29) is 17.5 Å². The fourth-order valence-corrected chi connectivity index (χ4v) is 7.72. The van der Waals surface area contributed by atoms with Crippen LogP contribution in [-0.2, 0) is 30.3 Å². The van der Waals surface area contributed by atoms with Crippen molar-refractivity contribution < 1.29 is 49.8 Å². The fraction of sp³-hybridized carbons (Fsp3) is 0.400. The molecule has 1 amide bonds. The zero-order valence-corrected chi connectivity index (χ0v) is 20.9. The number of hydrogen-bond donors (Lipinski definition) is 2. The van der Waals surface area contributed by atoms with Gasteiger partial charge in [0.1, 0.15) is 10.8 Å². The number of nitriles is 1. The lowest BCUT2D eigenvalue weighted by Crippen LogP contribution is -2.44. The predicted molar refractivity (Wildman–Crippen MR) is 123 cm³/mol. The van der Waals surface area contributed by atoms with Gasteiger partial charge in [-0.2, -0.15) is 18.4 Å². The highest BCUT2D eigenvalue weighted by atomic mass is 32.2. The molecule has 5 atom stereocenters. The van der Waals surface area contributed by atoms with Gasteiger partial charge in [0.05, 0.1) is 27.9 Å². The van der Waals surface area contributed by atoms with Crippen LogP contribution < -0.4 is 5.73 Å². The Morgan fingerprint density at radius 3 is 2.21 bits per heavy atom. The third kappa shape index (κ3) is 4.33. The number of amides is 1. The lowest BCUT2D eigenvalue weighted by Gasteiger charge is -2.31. The highest BCUT2D eigenvalue weighted by molar-refractivity contribution is 7.92. The van der Waals surface area contributed by atoms with Crippen molar-refractivity contribution in [1.82, 2.24) is 0 Å². The third-order valence-electron chi connectivity index (χ3n) is 7.80. The molecule has 2 aliphatic rings. The summed E-state index contributed by atoms with van der Waals surface area (Å²) in [4.78, 5) is 23.3. The van der Waals surface area contributed by atoms with Gasteiger partial charge < -0.3 is 15.6 Å². The first-order chi connectivity index (χ1) is 18.1. The van der Waals surface area contributed by atoms with E-state index < -0.39 is 90.9 Å². The second-order valence-corrected chi connectivity index (χ2v) is 11.9. The van der Waals surface area contributed by atoms with E-state index in [9.17, 15) is 50.3 Å². The highest BCUT2D eigenvalue weighted by Crippen LogP contribution is 2.66. The van der Waals surface area contributed by atoms with Crippen molar-refractivity contribution >= 4 is 21.7 Å². The van der Waals surface area contributed by atoms with Crippen molar-refractivity contribution in [2.75, 3.05) is 7.11 Å². The van der Waals surface area contributed by atoms with Crippen LogP contribution in [0.5, 0.6) is 0 Å². The molecule has 3 N–H and O–H groups in total. The smallest absolute Gasteiger partial charge is 0.417 e. The van der Waals surface area contributed by atoms with E-state index in [1.165, 1.54) is 0 Å². The van der Waals surface area contributed by atoms with Gasteiger partial charge in [-0.1, -0.05) is 12.1 Å². The number of carboxylic acids is 1. The molecule has 2 unspecified atom stereocenters. The Balaban J connectivity index is 1.80. The van der Waals surface area contributed by atoms with Crippen molar-refractivity contribution in [3.05, 3.63) is 53.6 Å². The Kier molecular flexibility index (Phi) is 6.76. The largest absolute Gasteiger partial charge is 0.481 e. The van der Waals surface area contributed by atoms with Gasteiger partial charge >= 0.3 is 12.1 Å². The molecular weight excluding hydrogens is 551 g/mol. The van der Waals surface area contributed by atoms with Gasteiger partial charge in [-0.15, -0.1) is 0 Å². The van der Waals surface area contributed by atoms with Crippen LogP contribution in [0.3, 0.4) is 0 Å². The van der Waals surface area contributed by atoms with Crippen LogP contribution >= 0.6 is 0 Å². The number of carbonyl (C=O) groups excluding carboxylic acids is 1. The van der Waals surface area contributed by atoms with E-state index in [2.05, 4.69) is 0 Å². The van der Waals surface area contributed by atoms with Gasteiger partial charge in [0.2, 0.25) is 5.91 Å². The third-order valence-corrected chi connectivity index (χ3v) is 10.0. The first-order valence-corrected chi connectivity index (χ1v) is 13.0. The van der Waals surface area contributed by atoms with E-state index in [4.69, 9.17) is 10.5 Å². The number of halogens is 5. The van der Waals surface area contributed by atoms with Crippen LogP contribution in [0.4, 0.5) is 22.0 Å². The highest BCUT2D eigenvalue weighted by Gasteiger charge is 2.75. The van der Waals surface area contributed by atoms with Crippen LogP contribution in [0.15, 0.2) is 41.3 Å². The molecule has 2 fully saturated rings. The van der Waals surface area contributed by atoms with Gasteiger partial charge in [0, 0.05) is 13.0 Å². The van der Waals surface area contributed by atoms with Gasteiger partial charge in [-0.25, -0.2) is 17.2 Å². The van der Waals surface area contributed by atoms with Crippen LogP contribution in [0.25, 0.3) is 11.1 Å². The normalized spacial score (nSPS) is 28.6. The molecule has 2 aromatic carbocycles. The maximum absolute atomic E-state index is 14.1. The fourth-order valence-electron chi connectivity index (χ4n) is 5.69. The number of methoxy groups -OCH3 is 1. The van der Waals surface area contributed by atoms with Gasteiger partial charge in [0.25, 0.3) is 0 Å². The first kappa shape index (κ1) is 28.4. The minimum Gasteiger partial charge on any atom is -0.481 e. The van der Waals surface area contributed by atoms with Crippen molar-refractivity contribution in [3.63, 3.8) is 0 Å². The summed E-state index contributed by atoms with van der Waals surface area (Å²) < 4.78 is 102. The molecule has 2 saturated carbocycles. The molecule has 2 aliphatic carbocycles. The topological polar surface area (TPSA) is 148 Å². The zero-order valence-electron chi connectivity index (χ0n) is 20.1. The summed E-state index contributed by atoms with van der Waals surface area (Å²) >= 11 is 0. The summed E-state index contributed by atoms with van der Waals surface area (Å²) in [5, 5.41) is 18.0. The Morgan fingerprint density at radius 2 is 1.72 bits per heavy atom. The van der Waals surface area contributed by atoms with E-state index in [1.54, 1.807) is 6.07 Å². The molecule has 0 heterocycles. The van der Waals surface area contributed by atoms with Gasteiger partial charge in [-0.05, 0) is 54.7 Å². The minimum atomic E-state index is -5.20. The number of sulfone groups is 1. The number of carboxylic acid groups (broad SMARTS) is 1. The number of carbonyl (C=O) groups is 2. The predicted octanol–water partition coefficient (Wildman–Crippen LogP) is 3.69. The van der Waals surface area contributed by atoms with E-state index in [0.29, 0.717) is 24.3 Å². The SMILES string of the molecule is CO[C@@H]1C[C@H](S(=O)(=O)c2ccc(-c3ccc(F)c(F)c3)cc2C(F)(F)F)C[C@@]1(C(=O)O)C1CC1(C#N)C(N)=O. The Bertz CT molecular complexity index is 1520. The van der Waals surface area contributed by atoms with Crippen LogP contribution in [0, 0.1) is 39.7 Å². The molecule has 39 heavy (non-hydrogen) atoms. The molecule has 2 aromatic rings. The molecule has 0 saturated heterocycles. The summed E-state index contributed by atoms with van der Waals surface area (Å²) in [7, 11) is -3.79. The monoisotopic (exact) mass is 572 g/mol. The second-order valence-electron chi connectivity index (χ2n) is 9.72. The summed E-state index contributed by atoms with van der Waals surface area (Å²) in [6.45, 7) is 0. The number of primary amides is 1. The summed E-state index contributed by atoms with van der Waals surface area (Å²) in [6, 6.07) is 6.27. The molecule has 14 heteroatoms. The standard InChI is InChI=1S/C25H21F5N2O6S/c1-38-20-8-14(9-24(20,22(34)35)19-10-23(19,11-31)21(32)33)39(36,37)18-5-3-12(6-15(18)25(28,29)30)13-2-4-16(26)17(27)7-13/h2-7,14,19-20H,8-10H2,1H3,(H2,32,33)(H,34,35)/t14-,19?,20+,23?,24+/m0/s1. The Hall–Kier alpha value is -3.57. The van der Waals surface area contributed by atoms with Crippen molar-refractivity contribution in [3.8, 4) is 17.2 Å². The minimum absolute atomic E-state index is 0.137. The zero-order chi connectivity index (χ0) is 29.1. The number of rotatable bonds is 7. The van der Waals surface area contributed by atoms with E-state index in [0.717, 1.165) is 19.2 Å². The number of nitrogens with zero attached hydrogens (tertiary/aromatic N) is 1. The van der Waals surface area contributed by atoms with Gasteiger partial charge in [0.15, 0.2) is 21.5 Å². The van der Waals surface area contributed by atoms with E-state index >= 15 is 0 Å². The molecule has 8 nitrogen and oxygen atoms in total. The summed E-state index contributed by atoms with van der Waals surface area (Å²) in [6.07, 6.45) is -8.07. The summed E-state index contributed by atoms with van der Waals surface area (Å²) in [5.41, 5.74) is -0.593. The van der Waals surface area contributed by atoms with Crippen molar-refractivity contribution in [1.29, 1.82) is 5.26 Å². The van der Waals surface area contributed by atoms with E-state index in [1.807, 2.05) is 0 Å².